The molecule has 0 N–H and O–H groups in total. The molecule has 0 bridgehead atoms. The van der Waals surface area contributed by atoms with E-state index in [1.165, 1.54) is 19.3 Å². The fourth-order valence-electron chi connectivity index (χ4n) is 5.49. The van der Waals surface area contributed by atoms with Crippen LogP contribution in [0, 0.1) is 35.0 Å². The van der Waals surface area contributed by atoms with Gasteiger partial charge in [0.25, 0.3) is 0 Å². The van der Waals surface area contributed by atoms with E-state index in [0.717, 1.165) is 25.7 Å². The van der Waals surface area contributed by atoms with Gasteiger partial charge in [-0.25, -0.2) is 13.2 Å². The summed E-state index contributed by atoms with van der Waals surface area (Å²) in [4.78, 5) is 28.4. The van der Waals surface area contributed by atoms with Crippen molar-refractivity contribution in [2.45, 2.75) is 76.4 Å². The first kappa shape index (κ1) is 27.8. The first-order valence-corrected chi connectivity index (χ1v) is 13.1. The van der Waals surface area contributed by atoms with Gasteiger partial charge in [0, 0.05) is 32.6 Å². The zero-order chi connectivity index (χ0) is 26.5. The van der Waals surface area contributed by atoms with E-state index < -0.39 is 40.8 Å². The van der Waals surface area contributed by atoms with Crippen molar-refractivity contribution in [1.29, 1.82) is 0 Å². The summed E-state index contributed by atoms with van der Waals surface area (Å²) in [6.07, 6.45) is 9.52. The Morgan fingerprint density at radius 3 is 1.78 bits per heavy atom. The van der Waals surface area contributed by atoms with Crippen LogP contribution in [0.2, 0.25) is 0 Å². The Balaban J connectivity index is 1.16. The number of esters is 1. The number of carbonyl (C=O) groups excluding carboxylic acids is 2. The van der Waals surface area contributed by atoms with Crippen molar-refractivity contribution < 1.29 is 41.0 Å². The zero-order valence-corrected chi connectivity index (χ0v) is 20.8. The van der Waals surface area contributed by atoms with Gasteiger partial charge < -0.3 is 14.4 Å². The molecule has 0 radical (unpaired) electrons. The Kier molecular flexibility index (Phi) is 9.39. The monoisotopic (exact) mass is 532 g/mol. The molecule has 37 heavy (non-hydrogen) atoms. The second kappa shape index (κ2) is 12.5. The molecule has 1 aliphatic carbocycles. The van der Waals surface area contributed by atoms with Gasteiger partial charge in [0.05, 0.1) is 18.8 Å². The van der Waals surface area contributed by atoms with E-state index in [0.29, 0.717) is 51.4 Å². The molecule has 2 aliphatic heterocycles. The molecule has 0 atom stereocenters. The lowest BCUT2D eigenvalue weighted by atomic mass is 9.86. The van der Waals surface area contributed by atoms with Crippen LogP contribution in [0.5, 0.6) is 5.75 Å². The molecule has 0 unspecified atom stereocenters. The lowest BCUT2D eigenvalue weighted by molar-refractivity contribution is -0.139. The van der Waals surface area contributed by atoms with Crippen molar-refractivity contribution in [3.63, 3.8) is 0 Å². The fourth-order valence-corrected chi connectivity index (χ4v) is 5.49. The number of hydrogen-bond acceptors (Lipinski definition) is 5. The molecule has 11 heteroatoms. The normalized spacial score (nSPS) is 20.8. The molecule has 1 aromatic rings. The molecule has 1 saturated carbocycles. The van der Waals surface area contributed by atoms with Crippen molar-refractivity contribution in [2.75, 3.05) is 32.7 Å². The van der Waals surface area contributed by atoms with Crippen LogP contribution in [-0.2, 0) is 14.3 Å². The van der Waals surface area contributed by atoms with E-state index in [4.69, 9.17) is 4.74 Å². The lowest BCUT2D eigenvalue weighted by Crippen LogP contribution is -2.45. The summed E-state index contributed by atoms with van der Waals surface area (Å²) < 4.78 is 78.0. The molecule has 3 aliphatic rings. The van der Waals surface area contributed by atoms with Crippen molar-refractivity contribution in [1.82, 2.24) is 9.80 Å². The number of ether oxygens (including phenoxy) is 2. The van der Waals surface area contributed by atoms with Crippen LogP contribution >= 0.6 is 0 Å². The van der Waals surface area contributed by atoms with Gasteiger partial charge in [0.15, 0.2) is 0 Å². The smallest absolute Gasteiger partial charge is 0.325 e. The minimum absolute atomic E-state index is 0.0167. The minimum atomic E-state index is -2.31. The van der Waals surface area contributed by atoms with E-state index in [9.17, 15) is 31.5 Å². The first-order chi connectivity index (χ1) is 17.7. The SMILES string of the molecule is O=C(CN1CCC(OC2CCN(C(=O)CC3CCCCC3)CC2)CC1)Oc1c(F)c(F)c(F)c(F)c1F. The van der Waals surface area contributed by atoms with Crippen LogP contribution in [0.15, 0.2) is 0 Å². The van der Waals surface area contributed by atoms with E-state index >= 15 is 0 Å². The highest BCUT2D eigenvalue weighted by Gasteiger charge is 2.31. The van der Waals surface area contributed by atoms with Crippen molar-refractivity contribution >= 4 is 11.9 Å². The number of benzene rings is 1. The molecular formula is C26H33F5N2O4. The highest BCUT2D eigenvalue weighted by molar-refractivity contribution is 5.76. The predicted molar refractivity (Wildman–Crippen MR) is 123 cm³/mol. The molecule has 3 fully saturated rings. The lowest BCUT2D eigenvalue weighted by Gasteiger charge is -2.37. The molecule has 1 aromatic carbocycles. The van der Waals surface area contributed by atoms with Crippen molar-refractivity contribution in [3.8, 4) is 5.75 Å². The average Bonchev–Trinajstić information content (AvgIpc) is 2.91. The van der Waals surface area contributed by atoms with Gasteiger partial charge in [0.1, 0.15) is 0 Å². The van der Waals surface area contributed by atoms with Crippen LogP contribution in [0.25, 0.3) is 0 Å². The number of halogens is 5. The Bertz CT molecular complexity index is 943. The first-order valence-electron chi connectivity index (χ1n) is 13.1. The van der Waals surface area contributed by atoms with E-state index in [1.54, 1.807) is 4.90 Å². The summed E-state index contributed by atoms with van der Waals surface area (Å²) in [7, 11) is 0. The Labute approximate surface area is 213 Å². The summed E-state index contributed by atoms with van der Waals surface area (Å²) >= 11 is 0. The maximum absolute atomic E-state index is 13.7. The van der Waals surface area contributed by atoms with Crippen LogP contribution in [0.1, 0.15) is 64.2 Å². The molecule has 4 rings (SSSR count). The van der Waals surface area contributed by atoms with Crippen LogP contribution in [0.4, 0.5) is 22.0 Å². The van der Waals surface area contributed by atoms with Gasteiger partial charge in [-0.1, -0.05) is 19.3 Å². The predicted octanol–water partition coefficient (Wildman–Crippen LogP) is 4.73. The van der Waals surface area contributed by atoms with Gasteiger partial charge in [-0.15, -0.1) is 0 Å². The molecule has 6 nitrogen and oxygen atoms in total. The summed E-state index contributed by atoms with van der Waals surface area (Å²) in [5, 5.41) is 0. The van der Waals surface area contributed by atoms with E-state index in [2.05, 4.69) is 4.74 Å². The molecular weight excluding hydrogens is 499 g/mol. The summed E-state index contributed by atoms with van der Waals surface area (Å²) in [6, 6.07) is 0. The fraction of sp³-hybridized carbons (Fsp3) is 0.692. The van der Waals surface area contributed by atoms with E-state index in [1.807, 2.05) is 4.90 Å². The zero-order valence-electron chi connectivity index (χ0n) is 20.8. The average molecular weight is 533 g/mol. The number of carbonyl (C=O) groups is 2. The van der Waals surface area contributed by atoms with Crippen molar-refractivity contribution in [3.05, 3.63) is 29.1 Å². The van der Waals surface area contributed by atoms with Gasteiger partial charge in [-0.3, -0.25) is 14.5 Å². The number of piperidine rings is 2. The highest BCUT2D eigenvalue weighted by Crippen LogP contribution is 2.30. The largest absolute Gasteiger partial charge is 0.419 e. The number of likely N-dealkylation sites (tertiary alicyclic amines) is 2. The van der Waals surface area contributed by atoms with Gasteiger partial charge in [-0.2, -0.15) is 8.78 Å². The second-order valence-corrected chi connectivity index (χ2v) is 10.3. The number of rotatable bonds is 7. The topological polar surface area (TPSA) is 59.1 Å². The molecule has 0 spiro atoms. The Hall–Kier alpha value is -2.27. The highest BCUT2D eigenvalue weighted by atomic mass is 19.2. The molecule has 2 heterocycles. The van der Waals surface area contributed by atoms with Gasteiger partial charge in [-0.05, 0) is 44.4 Å². The third-order valence-electron chi connectivity index (χ3n) is 7.64. The number of nitrogens with zero attached hydrogens (tertiary/aromatic N) is 2. The number of hydrogen-bond donors (Lipinski definition) is 0. The summed E-state index contributed by atoms with van der Waals surface area (Å²) in [5.41, 5.74) is 0. The van der Waals surface area contributed by atoms with Crippen molar-refractivity contribution in [2.24, 2.45) is 5.92 Å². The second-order valence-electron chi connectivity index (χ2n) is 10.3. The molecule has 1 amide bonds. The minimum Gasteiger partial charge on any atom is -0.419 e. The van der Waals surface area contributed by atoms with Crippen LogP contribution in [0.3, 0.4) is 0 Å². The van der Waals surface area contributed by atoms with Gasteiger partial charge >= 0.3 is 5.97 Å². The quantitative estimate of drug-likeness (QED) is 0.167. The molecule has 206 valence electrons. The molecule has 0 aromatic heterocycles. The Morgan fingerprint density at radius 1 is 0.703 bits per heavy atom. The summed E-state index contributed by atoms with van der Waals surface area (Å²) in [5.74, 6) is -13.0. The maximum Gasteiger partial charge on any atom is 0.325 e. The van der Waals surface area contributed by atoms with Gasteiger partial charge in [0.2, 0.25) is 40.7 Å². The van der Waals surface area contributed by atoms with E-state index in [-0.39, 0.29) is 24.7 Å². The Morgan fingerprint density at radius 2 is 1.22 bits per heavy atom. The third kappa shape index (κ3) is 6.98. The number of amides is 1. The molecule has 2 saturated heterocycles. The van der Waals surface area contributed by atoms with Crippen LogP contribution in [-0.4, -0.2) is 66.6 Å². The summed E-state index contributed by atoms with van der Waals surface area (Å²) in [6.45, 7) is 1.94. The maximum atomic E-state index is 13.7. The standard InChI is InChI=1S/C26H33F5N2O4/c27-21-22(28)24(30)26(25(31)23(21)29)37-20(35)15-32-10-6-17(7-11-32)36-18-8-12-33(13-9-18)19(34)14-16-4-2-1-3-5-16/h16-18H,1-15H2. The third-order valence-corrected chi connectivity index (χ3v) is 7.64. The van der Waals surface area contributed by atoms with Crippen LogP contribution < -0.4 is 4.74 Å².